The zero-order chi connectivity index (χ0) is 16.7. The third kappa shape index (κ3) is 5.87. The van der Waals surface area contributed by atoms with Gasteiger partial charge in [0.1, 0.15) is 17.8 Å². The highest BCUT2D eigenvalue weighted by Gasteiger charge is 2.08. The molecule has 5 nitrogen and oxygen atoms in total. The summed E-state index contributed by atoms with van der Waals surface area (Å²) in [5.41, 5.74) is 1.56. The summed E-state index contributed by atoms with van der Waals surface area (Å²) in [7, 11) is 0. The number of hydrogen-bond acceptors (Lipinski definition) is 4. The monoisotopic (exact) mass is 332 g/mol. The van der Waals surface area contributed by atoms with Crippen LogP contribution < -0.4 is 10.6 Å². The number of halogens is 1. The first-order valence-corrected chi connectivity index (χ1v) is 8.01. The van der Waals surface area contributed by atoms with Crippen LogP contribution in [0.3, 0.4) is 0 Å². The van der Waals surface area contributed by atoms with Crippen LogP contribution in [0.25, 0.3) is 0 Å². The first-order valence-electron chi connectivity index (χ1n) is 7.63. The zero-order valence-corrected chi connectivity index (χ0v) is 14.1. The molecule has 23 heavy (non-hydrogen) atoms. The fraction of sp³-hybridized carbons (Fsp3) is 0.353. The molecule has 1 aromatic heterocycles. The Morgan fingerprint density at radius 3 is 2.65 bits per heavy atom. The molecule has 2 N–H and O–H groups in total. The lowest BCUT2D eigenvalue weighted by Gasteiger charge is -2.09. The number of rotatable bonds is 7. The highest BCUT2D eigenvalue weighted by atomic mass is 35.5. The van der Waals surface area contributed by atoms with Crippen molar-refractivity contribution in [3.63, 3.8) is 0 Å². The maximum absolute atomic E-state index is 12.0. The minimum atomic E-state index is -0.179. The van der Waals surface area contributed by atoms with Crippen molar-refractivity contribution in [2.45, 2.75) is 20.3 Å². The number of nitrogens with one attached hydrogen (secondary N) is 2. The van der Waals surface area contributed by atoms with E-state index in [2.05, 4.69) is 20.6 Å². The van der Waals surface area contributed by atoms with Crippen molar-refractivity contribution in [1.29, 1.82) is 0 Å². The molecule has 122 valence electrons. The predicted octanol–water partition coefficient (Wildman–Crippen LogP) is 3.17. The van der Waals surface area contributed by atoms with Crippen LogP contribution in [-0.2, 0) is 6.42 Å². The fourth-order valence-corrected chi connectivity index (χ4v) is 2.08. The van der Waals surface area contributed by atoms with Crippen molar-refractivity contribution in [3.05, 3.63) is 52.9 Å². The molecular formula is C17H21ClN4O. The van der Waals surface area contributed by atoms with E-state index in [1.54, 1.807) is 6.07 Å². The Morgan fingerprint density at radius 1 is 1.22 bits per heavy atom. The SMILES string of the molecule is CC(C)CNC(=O)c1cc(NCCc2ccc(Cl)cc2)ncn1. The van der Waals surface area contributed by atoms with E-state index in [1.165, 1.54) is 11.9 Å². The Morgan fingerprint density at radius 2 is 1.96 bits per heavy atom. The number of carbonyl (C=O) groups excluding carboxylic acids is 1. The lowest BCUT2D eigenvalue weighted by molar-refractivity contribution is 0.0944. The Labute approximate surface area is 141 Å². The van der Waals surface area contributed by atoms with Crippen LogP contribution in [-0.4, -0.2) is 29.0 Å². The number of amides is 1. The summed E-state index contributed by atoms with van der Waals surface area (Å²) < 4.78 is 0. The molecule has 0 fully saturated rings. The van der Waals surface area contributed by atoms with Gasteiger partial charge < -0.3 is 10.6 Å². The number of hydrogen-bond donors (Lipinski definition) is 2. The van der Waals surface area contributed by atoms with Crippen molar-refractivity contribution in [2.24, 2.45) is 5.92 Å². The first-order chi connectivity index (χ1) is 11.0. The summed E-state index contributed by atoms with van der Waals surface area (Å²) in [5.74, 6) is 0.864. The van der Waals surface area contributed by atoms with E-state index >= 15 is 0 Å². The number of anilines is 1. The molecule has 0 saturated carbocycles. The Kier molecular flexibility index (Phi) is 6.35. The number of nitrogens with zero attached hydrogens (tertiary/aromatic N) is 2. The topological polar surface area (TPSA) is 66.9 Å². The molecule has 2 aromatic rings. The minimum absolute atomic E-state index is 0.179. The maximum atomic E-state index is 12.0. The first kappa shape index (κ1) is 17.2. The standard InChI is InChI=1S/C17H21ClN4O/c1-12(2)10-20-17(23)15-9-16(22-11-21-15)19-8-7-13-3-5-14(18)6-4-13/h3-6,9,11-12H,7-8,10H2,1-2H3,(H,20,23)(H,19,21,22). The lowest BCUT2D eigenvalue weighted by atomic mass is 10.1. The van der Waals surface area contributed by atoms with Crippen LogP contribution >= 0.6 is 11.6 Å². The van der Waals surface area contributed by atoms with Crippen LogP contribution in [0.5, 0.6) is 0 Å². The van der Waals surface area contributed by atoms with Crippen LogP contribution in [0, 0.1) is 5.92 Å². The molecule has 0 aliphatic rings. The second kappa shape index (κ2) is 8.48. The third-order valence-corrected chi connectivity index (χ3v) is 3.46. The Balaban J connectivity index is 1.87. The highest BCUT2D eigenvalue weighted by Crippen LogP contribution is 2.10. The van der Waals surface area contributed by atoms with Crippen molar-refractivity contribution in [3.8, 4) is 0 Å². The van der Waals surface area contributed by atoms with Crippen LogP contribution in [0.1, 0.15) is 29.9 Å². The number of benzene rings is 1. The average Bonchev–Trinajstić information content (AvgIpc) is 2.55. The Bertz CT molecular complexity index is 643. The van der Waals surface area contributed by atoms with Gasteiger partial charge in [0.05, 0.1) is 0 Å². The summed E-state index contributed by atoms with van der Waals surface area (Å²) in [6.45, 7) is 5.43. The van der Waals surface area contributed by atoms with E-state index in [0.29, 0.717) is 30.5 Å². The van der Waals surface area contributed by atoms with E-state index in [9.17, 15) is 4.79 Å². The molecular weight excluding hydrogens is 312 g/mol. The predicted molar refractivity (Wildman–Crippen MR) is 92.8 cm³/mol. The summed E-state index contributed by atoms with van der Waals surface area (Å²) in [6.07, 6.45) is 2.24. The largest absolute Gasteiger partial charge is 0.370 e. The van der Waals surface area contributed by atoms with Crippen LogP contribution in [0.2, 0.25) is 5.02 Å². The van der Waals surface area contributed by atoms with E-state index in [0.717, 1.165) is 11.4 Å². The minimum Gasteiger partial charge on any atom is -0.370 e. The van der Waals surface area contributed by atoms with Gasteiger partial charge in [-0.2, -0.15) is 0 Å². The summed E-state index contributed by atoms with van der Waals surface area (Å²) in [5, 5.41) is 6.78. The number of aromatic nitrogens is 2. The van der Waals surface area contributed by atoms with E-state index in [-0.39, 0.29) is 5.91 Å². The highest BCUT2D eigenvalue weighted by molar-refractivity contribution is 6.30. The van der Waals surface area contributed by atoms with Gasteiger partial charge in [-0.1, -0.05) is 37.6 Å². The van der Waals surface area contributed by atoms with E-state index in [1.807, 2.05) is 38.1 Å². The zero-order valence-electron chi connectivity index (χ0n) is 13.3. The third-order valence-electron chi connectivity index (χ3n) is 3.20. The second-order valence-electron chi connectivity index (χ2n) is 5.70. The molecule has 1 aromatic carbocycles. The van der Waals surface area contributed by atoms with Crippen molar-refractivity contribution >= 4 is 23.3 Å². The average molecular weight is 333 g/mol. The van der Waals surface area contributed by atoms with Gasteiger partial charge in [-0.25, -0.2) is 9.97 Å². The molecule has 0 unspecified atom stereocenters. The maximum Gasteiger partial charge on any atom is 0.270 e. The molecule has 0 atom stereocenters. The van der Waals surface area contributed by atoms with E-state index < -0.39 is 0 Å². The quantitative estimate of drug-likeness (QED) is 0.817. The molecule has 0 saturated heterocycles. The van der Waals surface area contributed by atoms with Gasteiger partial charge in [0, 0.05) is 24.2 Å². The molecule has 6 heteroatoms. The molecule has 0 bridgehead atoms. The van der Waals surface area contributed by atoms with Gasteiger partial charge in [0.2, 0.25) is 0 Å². The normalized spacial score (nSPS) is 10.6. The lowest BCUT2D eigenvalue weighted by Crippen LogP contribution is -2.28. The fourth-order valence-electron chi connectivity index (χ4n) is 1.95. The molecule has 0 aliphatic heterocycles. The van der Waals surface area contributed by atoms with Gasteiger partial charge in [0.25, 0.3) is 5.91 Å². The molecule has 0 aliphatic carbocycles. The van der Waals surface area contributed by atoms with Crippen molar-refractivity contribution in [2.75, 3.05) is 18.4 Å². The van der Waals surface area contributed by atoms with Gasteiger partial charge >= 0.3 is 0 Å². The van der Waals surface area contributed by atoms with Crippen LogP contribution in [0.4, 0.5) is 5.82 Å². The Hall–Kier alpha value is -2.14. The van der Waals surface area contributed by atoms with Crippen LogP contribution in [0.15, 0.2) is 36.7 Å². The second-order valence-corrected chi connectivity index (χ2v) is 6.13. The smallest absolute Gasteiger partial charge is 0.270 e. The molecule has 1 amide bonds. The molecule has 0 radical (unpaired) electrons. The van der Waals surface area contributed by atoms with Gasteiger partial charge in [-0.3, -0.25) is 4.79 Å². The molecule has 0 spiro atoms. The summed E-state index contributed by atoms with van der Waals surface area (Å²) in [6, 6.07) is 9.40. The summed E-state index contributed by atoms with van der Waals surface area (Å²) >= 11 is 5.86. The summed E-state index contributed by atoms with van der Waals surface area (Å²) in [4.78, 5) is 20.1. The molecule has 2 rings (SSSR count). The van der Waals surface area contributed by atoms with Gasteiger partial charge in [-0.05, 0) is 30.0 Å². The number of carbonyl (C=O) groups is 1. The molecule has 1 heterocycles. The van der Waals surface area contributed by atoms with Gasteiger partial charge in [0.15, 0.2) is 0 Å². The van der Waals surface area contributed by atoms with E-state index in [4.69, 9.17) is 11.6 Å². The van der Waals surface area contributed by atoms with Gasteiger partial charge in [-0.15, -0.1) is 0 Å². The van der Waals surface area contributed by atoms with Crippen molar-refractivity contribution in [1.82, 2.24) is 15.3 Å². The van der Waals surface area contributed by atoms with Crippen molar-refractivity contribution < 1.29 is 4.79 Å².